The monoisotopic (exact) mass is 158 g/mol. The molecule has 5 heteroatoms. The van der Waals surface area contributed by atoms with Gasteiger partial charge in [-0.25, -0.2) is 5.10 Å². The number of aromatic amines is 1. The molecule has 1 aromatic heterocycles. The number of H-pyrrole nitrogens is 1. The van der Waals surface area contributed by atoms with Crippen LogP contribution in [0, 0.1) is 0 Å². The summed E-state index contributed by atoms with van der Waals surface area (Å²) < 4.78 is 0. The fraction of sp³-hybridized carbons (Fsp3) is 0.600. The molecule has 4 nitrogen and oxygen atoms in total. The molecule has 0 bridgehead atoms. The highest BCUT2D eigenvalue weighted by atomic mass is 32.1. The standard InChI is InChI=1S/C5H10N4S/c1-3-9(2)4-5(10)7-8-6-4/h3H2,1-2H3,(H2,6,7,8,10). The molecule has 0 aliphatic rings. The number of rotatable bonds is 2. The van der Waals surface area contributed by atoms with Crippen molar-refractivity contribution in [2.24, 2.45) is 0 Å². The lowest BCUT2D eigenvalue weighted by atomic mass is 10.6. The van der Waals surface area contributed by atoms with Gasteiger partial charge < -0.3 is 4.90 Å². The van der Waals surface area contributed by atoms with Crippen molar-refractivity contribution in [3.63, 3.8) is 0 Å². The summed E-state index contributed by atoms with van der Waals surface area (Å²) in [5.74, 6) is 0.797. The van der Waals surface area contributed by atoms with E-state index in [0.717, 1.165) is 12.4 Å². The highest BCUT2D eigenvalue weighted by molar-refractivity contribution is 7.80. The fourth-order valence-electron chi connectivity index (χ4n) is 0.624. The molecular formula is C5H10N4S. The van der Waals surface area contributed by atoms with Crippen LogP contribution in [-0.2, 0) is 0 Å². The number of nitrogens with zero attached hydrogens (tertiary/aromatic N) is 3. The molecule has 0 radical (unpaired) electrons. The maximum absolute atomic E-state index is 4.12. The highest BCUT2D eigenvalue weighted by Gasteiger charge is 2.05. The Kier molecular flexibility index (Phi) is 2.16. The van der Waals surface area contributed by atoms with Gasteiger partial charge in [-0.05, 0) is 6.92 Å². The van der Waals surface area contributed by atoms with Crippen molar-refractivity contribution in [3.05, 3.63) is 0 Å². The fourth-order valence-corrected chi connectivity index (χ4v) is 0.884. The van der Waals surface area contributed by atoms with Gasteiger partial charge in [-0.1, -0.05) is 5.21 Å². The average molecular weight is 158 g/mol. The van der Waals surface area contributed by atoms with Crippen molar-refractivity contribution >= 4 is 18.4 Å². The molecule has 0 fully saturated rings. The van der Waals surface area contributed by atoms with E-state index in [-0.39, 0.29) is 0 Å². The van der Waals surface area contributed by atoms with E-state index in [1.54, 1.807) is 0 Å². The topological polar surface area (TPSA) is 44.8 Å². The Morgan fingerprint density at radius 2 is 2.40 bits per heavy atom. The molecule has 0 saturated carbocycles. The lowest BCUT2D eigenvalue weighted by Crippen LogP contribution is -2.16. The smallest absolute Gasteiger partial charge is 0.184 e. The van der Waals surface area contributed by atoms with E-state index >= 15 is 0 Å². The van der Waals surface area contributed by atoms with Crippen molar-refractivity contribution in [3.8, 4) is 0 Å². The first-order valence-electron chi connectivity index (χ1n) is 3.06. The summed E-state index contributed by atoms with van der Waals surface area (Å²) in [6.45, 7) is 2.95. The summed E-state index contributed by atoms with van der Waals surface area (Å²) in [4.78, 5) is 1.96. The van der Waals surface area contributed by atoms with E-state index in [0.29, 0.717) is 5.03 Å². The zero-order valence-electron chi connectivity index (χ0n) is 6.00. The minimum Gasteiger partial charge on any atom is -0.356 e. The molecule has 0 spiro atoms. The number of hydrogen-bond donors (Lipinski definition) is 2. The van der Waals surface area contributed by atoms with E-state index in [9.17, 15) is 0 Å². The molecule has 0 amide bonds. The Bertz CT molecular complexity index is 209. The first-order chi connectivity index (χ1) is 4.75. The van der Waals surface area contributed by atoms with Crippen LogP contribution in [0.2, 0.25) is 0 Å². The van der Waals surface area contributed by atoms with Gasteiger partial charge in [0.25, 0.3) is 0 Å². The minimum atomic E-state index is 0.712. The van der Waals surface area contributed by atoms with Gasteiger partial charge in [-0.15, -0.1) is 17.7 Å². The molecule has 1 heterocycles. The van der Waals surface area contributed by atoms with Gasteiger partial charge in [0.1, 0.15) is 5.03 Å². The average Bonchev–Trinajstić information content (AvgIpc) is 2.34. The van der Waals surface area contributed by atoms with Crippen LogP contribution in [0.4, 0.5) is 5.82 Å². The van der Waals surface area contributed by atoms with Gasteiger partial charge in [0.05, 0.1) is 0 Å². The molecule has 0 aliphatic carbocycles. The molecule has 0 unspecified atom stereocenters. The van der Waals surface area contributed by atoms with Crippen LogP contribution in [0.25, 0.3) is 0 Å². The van der Waals surface area contributed by atoms with Crippen LogP contribution < -0.4 is 4.90 Å². The quantitative estimate of drug-likeness (QED) is 0.618. The van der Waals surface area contributed by atoms with E-state index in [1.165, 1.54) is 0 Å². The molecule has 56 valence electrons. The lowest BCUT2D eigenvalue weighted by molar-refractivity contribution is 0.895. The zero-order valence-corrected chi connectivity index (χ0v) is 6.89. The van der Waals surface area contributed by atoms with E-state index < -0.39 is 0 Å². The van der Waals surface area contributed by atoms with Crippen LogP contribution in [0.1, 0.15) is 6.92 Å². The number of anilines is 1. The van der Waals surface area contributed by atoms with Crippen LogP contribution in [0.3, 0.4) is 0 Å². The zero-order chi connectivity index (χ0) is 7.56. The second-order valence-electron chi connectivity index (χ2n) is 2.00. The molecule has 1 rings (SSSR count). The predicted octanol–water partition coefficient (Wildman–Crippen LogP) is 0.549. The second-order valence-corrected chi connectivity index (χ2v) is 2.45. The Balaban J connectivity index is 2.82. The number of aromatic nitrogens is 3. The number of thiol groups is 1. The van der Waals surface area contributed by atoms with Crippen molar-refractivity contribution in [1.29, 1.82) is 0 Å². The first kappa shape index (κ1) is 7.40. The maximum Gasteiger partial charge on any atom is 0.184 e. The highest BCUT2D eigenvalue weighted by Crippen LogP contribution is 2.14. The maximum atomic E-state index is 4.12. The molecule has 0 aliphatic heterocycles. The molecule has 1 aromatic rings. The first-order valence-corrected chi connectivity index (χ1v) is 3.51. The van der Waals surface area contributed by atoms with Gasteiger partial charge in [0.2, 0.25) is 0 Å². The summed E-state index contributed by atoms with van der Waals surface area (Å²) in [6, 6.07) is 0. The summed E-state index contributed by atoms with van der Waals surface area (Å²) in [5.41, 5.74) is 0. The van der Waals surface area contributed by atoms with Crippen LogP contribution in [-0.4, -0.2) is 29.0 Å². The third kappa shape index (κ3) is 1.23. The molecule has 1 N–H and O–H groups in total. The van der Waals surface area contributed by atoms with Crippen molar-refractivity contribution in [2.45, 2.75) is 11.9 Å². The Hall–Kier alpha value is -0.710. The third-order valence-electron chi connectivity index (χ3n) is 1.35. The Morgan fingerprint density at radius 1 is 1.70 bits per heavy atom. The van der Waals surface area contributed by atoms with E-state index in [1.807, 2.05) is 18.9 Å². The van der Waals surface area contributed by atoms with Gasteiger partial charge >= 0.3 is 0 Å². The molecular weight excluding hydrogens is 148 g/mol. The van der Waals surface area contributed by atoms with Crippen LogP contribution >= 0.6 is 12.6 Å². The van der Waals surface area contributed by atoms with Crippen molar-refractivity contribution in [1.82, 2.24) is 15.4 Å². The second kappa shape index (κ2) is 2.92. The van der Waals surface area contributed by atoms with Crippen molar-refractivity contribution < 1.29 is 0 Å². The predicted molar refractivity (Wildman–Crippen MR) is 42.6 cm³/mol. The Labute approximate surface area is 65.0 Å². The largest absolute Gasteiger partial charge is 0.356 e. The van der Waals surface area contributed by atoms with Gasteiger partial charge in [0.15, 0.2) is 5.82 Å². The van der Waals surface area contributed by atoms with E-state index in [2.05, 4.69) is 28.0 Å². The van der Waals surface area contributed by atoms with Gasteiger partial charge in [-0.3, -0.25) is 0 Å². The number of hydrogen-bond acceptors (Lipinski definition) is 4. The normalized spacial score (nSPS) is 9.90. The summed E-state index contributed by atoms with van der Waals surface area (Å²) >= 11 is 4.12. The van der Waals surface area contributed by atoms with Crippen LogP contribution in [0.15, 0.2) is 5.03 Å². The molecule has 10 heavy (non-hydrogen) atoms. The van der Waals surface area contributed by atoms with Gasteiger partial charge in [0, 0.05) is 13.6 Å². The van der Waals surface area contributed by atoms with Gasteiger partial charge in [-0.2, -0.15) is 0 Å². The Morgan fingerprint density at radius 3 is 2.80 bits per heavy atom. The van der Waals surface area contributed by atoms with Crippen molar-refractivity contribution in [2.75, 3.05) is 18.5 Å². The summed E-state index contributed by atoms with van der Waals surface area (Å²) in [7, 11) is 1.94. The summed E-state index contributed by atoms with van der Waals surface area (Å²) in [5, 5.41) is 10.8. The SMILES string of the molecule is CCN(C)c1nn[nH]c1S. The third-order valence-corrected chi connectivity index (χ3v) is 1.65. The lowest BCUT2D eigenvalue weighted by Gasteiger charge is -2.11. The molecule has 0 atom stereocenters. The molecule has 0 aromatic carbocycles. The summed E-state index contributed by atoms with van der Waals surface area (Å²) in [6.07, 6.45) is 0. The number of nitrogens with one attached hydrogen (secondary N) is 1. The molecule has 0 saturated heterocycles. The van der Waals surface area contributed by atoms with Crippen LogP contribution in [0.5, 0.6) is 0 Å². The minimum absolute atomic E-state index is 0.712. The van der Waals surface area contributed by atoms with E-state index in [4.69, 9.17) is 0 Å².